The van der Waals surface area contributed by atoms with Crippen molar-refractivity contribution < 1.29 is 4.74 Å². The molecule has 2 aliphatic rings. The van der Waals surface area contributed by atoms with Gasteiger partial charge in [0.25, 0.3) is 0 Å². The van der Waals surface area contributed by atoms with E-state index in [-0.39, 0.29) is 0 Å². The predicted molar refractivity (Wildman–Crippen MR) is 96.4 cm³/mol. The van der Waals surface area contributed by atoms with E-state index in [1.807, 2.05) is 18.2 Å². The summed E-state index contributed by atoms with van der Waals surface area (Å²) in [5.74, 6) is 1.37. The highest BCUT2D eigenvalue weighted by Gasteiger charge is 2.37. The number of hydrogen-bond acceptors (Lipinski definition) is 6. The van der Waals surface area contributed by atoms with Crippen molar-refractivity contribution >= 4 is 16.9 Å². The summed E-state index contributed by atoms with van der Waals surface area (Å²) < 4.78 is 5.51. The fourth-order valence-electron chi connectivity index (χ4n) is 4.07. The van der Waals surface area contributed by atoms with Gasteiger partial charge in [-0.3, -0.25) is 4.90 Å². The third-order valence-electron chi connectivity index (χ3n) is 5.43. The van der Waals surface area contributed by atoms with Gasteiger partial charge in [-0.15, -0.1) is 0 Å². The van der Waals surface area contributed by atoms with Crippen LogP contribution < -0.4 is 4.90 Å². The Morgan fingerprint density at radius 2 is 2.16 bits per heavy atom. The van der Waals surface area contributed by atoms with E-state index in [0.29, 0.717) is 23.2 Å². The molecule has 0 bridgehead atoms. The zero-order valence-corrected chi connectivity index (χ0v) is 14.6. The summed E-state index contributed by atoms with van der Waals surface area (Å²) in [5.41, 5.74) is 1.34. The lowest BCUT2D eigenvalue weighted by atomic mass is 9.99. The lowest BCUT2D eigenvalue weighted by molar-refractivity contribution is 0.0116. The molecule has 0 aliphatic carbocycles. The molecule has 2 saturated heterocycles. The minimum Gasteiger partial charge on any atom is -0.379 e. The first kappa shape index (κ1) is 16.2. The molecule has 0 spiro atoms. The normalized spacial score (nSPS) is 24.6. The molecule has 4 heterocycles. The Hall–Kier alpha value is -2.23. The summed E-state index contributed by atoms with van der Waals surface area (Å²) in [5, 5.41) is 10.5. The maximum absolute atomic E-state index is 9.61. The fourth-order valence-corrected chi connectivity index (χ4v) is 4.07. The highest BCUT2D eigenvalue weighted by molar-refractivity contribution is 5.79. The number of hydrogen-bond donors (Lipinski definition) is 0. The maximum atomic E-state index is 9.61. The molecule has 2 fully saturated rings. The van der Waals surface area contributed by atoms with Crippen molar-refractivity contribution in [3.05, 3.63) is 30.0 Å². The number of nitriles is 1. The number of anilines is 1. The Balaban J connectivity index is 1.65. The summed E-state index contributed by atoms with van der Waals surface area (Å²) in [7, 11) is 0. The standard InChI is InChI=1S/C19H23N5O/c1-2-14-12-24(13-17(14)23-6-8-25-9-7-23)19-16(11-20)10-15-4-3-5-21-18(15)22-19/h3-5,10,14,17H,2,6-9,12-13H2,1H3. The average Bonchev–Trinajstić information content (AvgIpc) is 3.12. The lowest BCUT2D eigenvalue weighted by Gasteiger charge is -2.34. The number of pyridine rings is 2. The van der Waals surface area contributed by atoms with Gasteiger partial charge in [0.1, 0.15) is 11.9 Å². The van der Waals surface area contributed by atoms with Crippen molar-refractivity contribution in [3.8, 4) is 6.07 Å². The smallest absolute Gasteiger partial charge is 0.161 e. The van der Waals surface area contributed by atoms with Gasteiger partial charge in [0, 0.05) is 43.8 Å². The van der Waals surface area contributed by atoms with Crippen molar-refractivity contribution in [2.75, 3.05) is 44.3 Å². The zero-order chi connectivity index (χ0) is 17.2. The van der Waals surface area contributed by atoms with E-state index < -0.39 is 0 Å². The second-order valence-electron chi connectivity index (χ2n) is 6.81. The molecule has 2 aromatic heterocycles. The van der Waals surface area contributed by atoms with Crippen LogP contribution in [0.1, 0.15) is 18.9 Å². The van der Waals surface area contributed by atoms with Crippen LogP contribution in [0.2, 0.25) is 0 Å². The Labute approximate surface area is 148 Å². The zero-order valence-electron chi connectivity index (χ0n) is 14.6. The number of ether oxygens (including phenoxy) is 1. The van der Waals surface area contributed by atoms with Gasteiger partial charge in [-0.1, -0.05) is 13.3 Å². The third kappa shape index (κ3) is 3.06. The summed E-state index contributed by atoms with van der Waals surface area (Å²) in [4.78, 5) is 13.9. The Morgan fingerprint density at radius 1 is 1.32 bits per heavy atom. The molecule has 0 N–H and O–H groups in total. The first-order valence-corrected chi connectivity index (χ1v) is 9.02. The van der Waals surface area contributed by atoms with Crippen molar-refractivity contribution in [2.45, 2.75) is 19.4 Å². The van der Waals surface area contributed by atoms with Crippen LogP contribution >= 0.6 is 0 Å². The van der Waals surface area contributed by atoms with Crippen molar-refractivity contribution in [3.63, 3.8) is 0 Å². The van der Waals surface area contributed by atoms with Crippen molar-refractivity contribution in [1.29, 1.82) is 5.26 Å². The van der Waals surface area contributed by atoms with E-state index in [0.717, 1.165) is 57.0 Å². The molecular weight excluding hydrogens is 314 g/mol. The second kappa shape index (κ2) is 6.95. The topological polar surface area (TPSA) is 65.3 Å². The summed E-state index contributed by atoms with van der Waals surface area (Å²) in [6.45, 7) is 7.72. The van der Waals surface area contributed by atoms with Gasteiger partial charge < -0.3 is 9.64 Å². The lowest BCUT2D eigenvalue weighted by Crippen LogP contribution is -2.47. The summed E-state index contributed by atoms with van der Waals surface area (Å²) >= 11 is 0. The van der Waals surface area contributed by atoms with Crippen LogP contribution in [0.25, 0.3) is 11.0 Å². The molecule has 0 aromatic carbocycles. The summed E-state index contributed by atoms with van der Waals surface area (Å²) in [6.07, 6.45) is 2.88. The molecule has 0 saturated carbocycles. The Bertz CT molecular complexity index is 796. The molecule has 0 radical (unpaired) electrons. The quantitative estimate of drug-likeness (QED) is 0.854. The molecule has 6 heteroatoms. The number of nitrogens with zero attached hydrogens (tertiary/aromatic N) is 5. The molecule has 2 atom stereocenters. The highest BCUT2D eigenvalue weighted by Crippen LogP contribution is 2.31. The SMILES string of the molecule is CCC1CN(c2nc3ncccc3cc2C#N)CC1N1CCOCC1. The largest absolute Gasteiger partial charge is 0.379 e. The molecule has 130 valence electrons. The monoisotopic (exact) mass is 337 g/mol. The predicted octanol–water partition coefficient (Wildman–Crippen LogP) is 2.05. The van der Waals surface area contributed by atoms with Crippen LogP contribution in [0.15, 0.2) is 24.4 Å². The van der Waals surface area contributed by atoms with E-state index in [4.69, 9.17) is 9.72 Å². The van der Waals surface area contributed by atoms with Gasteiger partial charge in [-0.2, -0.15) is 5.26 Å². The first-order valence-electron chi connectivity index (χ1n) is 9.02. The fraction of sp³-hybridized carbons (Fsp3) is 0.526. The van der Waals surface area contributed by atoms with Gasteiger partial charge >= 0.3 is 0 Å². The molecule has 2 unspecified atom stereocenters. The van der Waals surface area contributed by atoms with Crippen LogP contribution in [0, 0.1) is 17.2 Å². The summed E-state index contributed by atoms with van der Waals surface area (Å²) in [6, 6.07) is 8.57. The number of fused-ring (bicyclic) bond motifs is 1. The van der Waals surface area contributed by atoms with Crippen LogP contribution in [0.5, 0.6) is 0 Å². The van der Waals surface area contributed by atoms with Gasteiger partial charge in [-0.25, -0.2) is 9.97 Å². The highest BCUT2D eigenvalue weighted by atomic mass is 16.5. The average molecular weight is 337 g/mol. The second-order valence-corrected chi connectivity index (χ2v) is 6.81. The molecular formula is C19H23N5O. The first-order chi connectivity index (χ1) is 12.3. The molecule has 0 amide bonds. The molecule has 6 nitrogen and oxygen atoms in total. The number of aromatic nitrogens is 2. The van der Waals surface area contributed by atoms with Crippen LogP contribution in [0.4, 0.5) is 5.82 Å². The van der Waals surface area contributed by atoms with Crippen molar-refractivity contribution in [2.24, 2.45) is 5.92 Å². The van der Waals surface area contributed by atoms with Gasteiger partial charge in [0.2, 0.25) is 0 Å². The molecule has 4 rings (SSSR count). The van der Waals surface area contributed by atoms with Crippen LogP contribution in [0.3, 0.4) is 0 Å². The van der Waals surface area contributed by atoms with Crippen LogP contribution in [-0.2, 0) is 4.74 Å². The maximum Gasteiger partial charge on any atom is 0.161 e. The minimum atomic E-state index is 0.502. The third-order valence-corrected chi connectivity index (χ3v) is 5.43. The Morgan fingerprint density at radius 3 is 2.92 bits per heavy atom. The van der Waals surface area contributed by atoms with Crippen molar-refractivity contribution in [1.82, 2.24) is 14.9 Å². The van der Waals surface area contributed by atoms with E-state index >= 15 is 0 Å². The van der Waals surface area contributed by atoms with Gasteiger partial charge in [0.15, 0.2) is 5.65 Å². The Kier molecular flexibility index (Phi) is 4.51. The minimum absolute atomic E-state index is 0.502. The number of morpholine rings is 1. The van der Waals surface area contributed by atoms with E-state index in [2.05, 4.69) is 27.8 Å². The van der Waals surface area contributed by atoms with E-state index in [1.54, 1.807) is 6.20 Å². The van der Waals surface area contributed by atoms with E-state index in [1.165, 1.54) is 0 Å². The number of rotatable bonds is 3. The van der Waals surface area contributed by atoms with Gasteiger partial charge in [0.05, 0.1) is 18.8 Å². The van der Waals surface area contributed by atoms with Crippen LogP contribution in [-0.4, -0.2) is 60.3 Å². The van der Waals surface area contributed by atoms with Gasteiger partial charge in [-0.05, 0) is 24.1 Å². The molecule has 2 aromatic rings. The molecule has 2 aliphatic heterocycles. The van der Waals surface area contributed by atoms with E-state index in [9.17, 15) is 5.26 Å². The molecule has 25 heavy (non-hydrogen) atoms.